The van der Waals surface area contributed by atoms with Crippen LogP contribution in [-0.2, 0) is 4.79 Å². The van der Waals surface area contributed by atoms with Gasteiger partial charge in [-0.25, -0.2) is 18.2 Å². The van der Waals surface area contributed by atoms with Crippen LogP contribution in [-0.4, -0.2) is 39.8 Å². The summed E-state index contributed by atoms with van der Waals surface area (Å²) >= 11 is 0. The quantitative estimate of drug-likeness (QED) is 0.840. The van der Waals surface area contributed by atoms with E-state index in [1.54, 1.807) is 0 Å². The number of hydrogen-bond donors (Lipinski definition) is 2. The summed E-state index contributed by atoms with van der Waals surface area (Å²) in [5, 5.41) is 2.34. The lowest BCUT2D eigenvalue weighted by molar-refractivity contribution is -0.119. The van der Waals surface area contributed by atoms with Crippen molar-refractivity contribution in [3.05, 3.63) is 47.8 Å². The Hall–Kier alpha value is -2.84. The molecule has 1 aliphatic rings. The number of halogens is 3. The van der Waals surface area contributed by atoms with Crippen molar-refractivity contribution in [3.8, 4) is 0 Å². The Labute approximate surface area is 134 Å². The molecule has 1 aromatic heterocycles. The number of anilines is 1. The van der Waals surface area contributed by atoms with Crippen molar-refractivity contribution in [2.75, 3.05) is 18.4 Å². The van der Waals surface area contributed by atoms with Crippen molar-refractivity contribution >= 4 is 17.5 Å². The monoisotopic (exact) mass is 338 g/mol. The number of nitrogens with one attached hydrogen (secondary N) is 2. The first-order valence-electron chi connectivity index (χ1n) is 7.19. The summed E-state index contributed by atoms with van der Waals surface area (Å²) in [4.78, 5) is 32.3. The minimum Gasteiger partial charge on any atom is -0.341 e. The first-order chi connectivity index (χ1) is 11.5. The molecule has 1 aliphatic heterocycles. The molecule has 0 spiro atoms. The third-order valence-corrected chi connectivity index (χ3v) is 3.80. The van der Waals surface area contributed by atoms with E-state index in [1.165, 1.54) is 17.3 Å². The van der Waals surface area contributed by atoms with Gasteiger partial charge in [0.15, 0.2) is 23.3 Å². The number of imidazole rings is 1. The molecule has 2 heterocycles. The van der Waals surface area contributed by atoms with Crippen LogP contribution in [0.25, 0.3) is 0 Å². The van der Waals surface area contributed by atoms with E-state index in [1.807, 2.05) is 0 Å². The Kier molecular flexibility index (Phi) is 4.24. The summed E-state index contributed by atoms with van der Waals surface area (Å²) in [5.41, 5.74) is -0.174. The minimum atomic E-state index is -1.59. The number of benzene rings is 1. The highest BCUT2D eigenvalue weighted by Crippen LogP contribution is 2.22. The second-order valence-corrected chi connectivity index (χ2v) is 5.42. The van der Waals surface area contributed by atoms with Crippen LogP contribution in [0.3, 0.4) is 0 Å². The zero-order chi connectivity index (χ0) is 17.3. The number of carbonyl (C=O) groups excluding carboxylic acids is 2. The summed E-state index contributed by atoms with van der Waals surface area (Å²) in [6.45, 7) is 0.529. The molecule has 0 bridgehead atoms. The van der Waals surface area contributed by atoms with Crippen LogP contribution in [0.1, 0.15) is 17.0 Å². The average molecular weight is 338 g/mol. The minimum absolute atomic E-state index is 0.164. The zero-order valence-corrected chi connectivity index (χ0v) is 12.4. The molecule has 0 radical (unpaired) electrons. The molecule has 3 rings (SSSR count). The Morgan fingerprint density at radius 3 is 2.58 bits per heavy atom. The highest BCUT2D eigenvalue weighted by molar-refractivity contribution is 5.95. The number of hydrogen-bond acceptors (Lipinski definition) is 3. The highest BCUT2D eigenvalue weighted by Gasteiger charge is 2.32. The van der Waals surface area contributed by atoms with E-state index < -0.39 is 29.3 Å². The summed E-state index contributed by atoms with van der Waals surface area (Å²) in [6.07, 6.45) is 3.38. The van der Waals surface area contributed by atoms with Gasteiger partial charge in [0.25, 0.3) is 5.91 Å². The van der Waals surface area contributed by atoms with Gasteiger partial charge < -0.3 is 15.2 Å². The second kappa shape index (κ2) is 6.34. The van der Waals surface area contributed by atoms with Crippen molar-refractivity contribution in [2.45, 2.75) is 6.42 Å². The molecule has 1 saturated heterocycles. The van der Waals surface area contributed by atoms with Gasteiger partial charge in [-0.05, 0) is 6.42 Å². The average Bonchev–Trinajstić information content (AvgIpc) is 3.23. The van der Waals surface area contributed by atoms with E-state index in [4.69, 9.17) is 0 Å². The van der Waals surface area contributed by atoms with E-state index in [9.17, 15) is 22.8 Å². The van der Waals surface area contributed by atoms with Gasteiger partial charge >= 0.3 is 0 Å². The van der Waals surface area contributed by atoms with Crippen LogP contribution in [0.2, 0.25) is 0 Å². The third kappa shape index (κ3) is 3.10. The Balaban J connectivity index is 1.64. The number of carbonyl (C=O) groups is 2. The van der Waals surface area contributed by atoms with Crippen LogP contribution in [0.15, 0.2) is 24.5 Å². The predicted molar refractivity (Wildman–Crippen MR) is 77.5 cm³/mol. The summed E-state index contributed by atoms with van der Waals surface area (Å²) < 4.78 is 39.2. The number of aromatic amines is 1. The molecule has 0 saturated carbocycles. The van der Waals surface area contributed by atoms with E-state index in [2.05, 4.69) is 15.3 Å². The highest BCUT2D eigenvalue weighted by atomic mass is 19.2. The number of nitrogens with zero attached hydrogens (tertiary/aromatic N) is 2. The van der Waals surface area contributed by atoms with E-state index in [0.29, 0.717) is 25.1 Å². The molecule has 9 heteroatoms. The van der Waals surface area contributed by atoms with Crippen molar-refractivity contribution in [3.63, 3.8) is 0 Å². The summed E-state index contributed by atoms with van der Waals surface area (Å²) in [5.74, 6) is -5.52. The van der Waals surface area contributed by atoms with E-state index >= 15 is 0 Å². The van der Waals surface area contributed by atoms with E-state index in [0.717, 1.165) is 0 Å². The fourth-order valence-corrected chi connectivity index (χ4v) is 2.56. The largest absolute Gasteiger partial charge is 0.341 e. The maximum Gasteiger partial charge on any atom is 0.289 e. The fraction of sp³-hybridized carbons (Fsp3) is 0.267. The molecule has 24 heavy (non-hydrogen) atoms. The molecule has 1 aromatic carbocycles. The number of rotatable bonds is 3. The summed E-state index contributed by atoms with van der Waals surface area (Å²) in [7, 11) is 0. The Morgan fingerprint density at radius 2 is 1.96 bits per heavy atom. The molecular formula is C15H13F3N4O2. The smallest absolute Gasteiger partial charge is 0.289 e. The van der Waals surface area contributed by atoms with Gasteiger partial charge in [0.05, 0.1) is 5.92 Å². The fourth-order valence-electron chi connectivity index (χ4n) is 2.56. The zero-order valence-electron chi connectivity index (χ0n) is 12.4. The van der Waals surface area contributed by atoms with Gasteiger partial charge in [0, 0.05) is 43.3 Å². The molecular weight excluding hydrogens is 325 g/mol. The van der Waals surface area contributed by atoms with Crippen LogP contribution in [0, 0.1) is 23.4 Å². The second-order valence-electron chi connectivity index (χ2n) is 5.42. The molecule has 1 fully saturated rings. The first kappa shape index (κ1) is 16.0. The van der Waals surface area contributed by atoms with Crippen molar-refractivity contribution in [1.82, 2.24) is 14.9 Å². The molecule has 126 valence electrons. The van der Waals surface area contributed by atoms with Crippen molar-refractivity contribution < 1.29 is 22.8 Å². The van der Waals surface area contributed by atoms with Crippen LogP contribution in [0.5, 0.6) is 0 Å². The molecule has 2 aromatic rings. The van der Waals surface area contributed by atoms with E-state index in [-0.39, 0.29) is 24.0 Å². The predicted octanol–water partition coefficient (Wildman–Crippen LogP) is 1.93. The van der Waals surface area contributed by atoms with Gasteiger partial charge in [0.2, 0.25) is 5.91 Å². The van der Waals surface area contributed by atoms with Gasteiger partial charge in [-0.1, -0.05) is 0 Å². The maximum atomic E-state index is 13.2. The molecule has 6 nitrogen and oxygen atoms in total. The molecule has 2 amide bonds. The Bertz CT molecular complexity index is 756. The molecule has 0 unspecified atom stereocenters. The van der Waals surface area contributed by atoms with Crippen LogP contribution < -0.4 is 5.32 Å². The third-order valence-electron chi connectivity index (χ3n) is 3.80. The van der Waals surface area contributed by atoms with Crippen LogP contribution in [0.4, 0.5) is 18.9 Å². The van der Waals surface area contributed by atoms with Gasteiger partial charge in [0.1, 0.15) is 0 Å². The number of amides is 2. The number of likely N-dealkylation sites (tertiary alicyclic amines) is 1. The number of aromatic nitrogens is 2. The molecule has 1 atom stereocenters. The summed E-state index contributed by atoms with van der Waals surface area (Å²) in [6, 6.07) is 1.41. The Morgan fingerprint density at radius 1 is 1.25 bits per heavy atom. The standard InChI is InChI=1S/C15H13F3N4O2/c16-10-5-9(6-11(17)12(10)18)21-14(23)8-1-4-22(7-8)15(24)13-19-2-3-20-13/h2-3,5-6,8H,1,4,7H2,(H,19,20)(H,21,23)/t8-/m0/s1. The molecule has 0 aliphatic carbocycles. The normalized spacial score (nSPS) is 17.1. The lowest BCUT2D eigenvalue weighted by Crippen LogP contribution is -2.32. The first-order valence-corrected chi connectivity index (χ1v) is 7.19. The number of H-pyrrole nitrogens is 1. The maximum absolute atomic E-state index is 13.2. The van der Waals surface area contributed by atoms with Crippen molar-refractivity contribution in [2.24, 2.45) is 5.92 Å². The SMILES string of the molecule is O=C(Nc1cc(F)c(F)c(F)c1)[C@H]1CCN(C(=O)c2ncc[nH]2)C1. The van der Waals surface area contributed by atoms with Crippen LogP contribution >= 0.6 is 0 Å². The topological polar surface area (TPSA) is 78.1 Å². The van der Waals surface area contributed by atoms with Gasteiger partial charge in [-0.15, -0.1) is 0 Å². The van der Waals surface area contributed by atoms with Gasteiger partial charge in [-0.2, -0.15) is 0 Å². The molecule has 2 N–H and O–H groups in total. The lowest BCUT2D eigenvalue weighted by atomic mass is 10.1. The van der Waals surface area contributed by atoms with Crippen molar-refractivity contribution in [1.29, 1.82) is 0 Å². The van der Waals surface area contributed by atoms with Gasteiger partial charge in [-0.3, -0.25) is 9.59 Å². The lowest BCUT2D eigenvalue weighted by Gasteiger charge is -2.15.